The van der Waals surface area contributed by atoms with Crippen molar-refractivity contribution in [1.82, 2.24) is 19.8 Å². The van der Waals surface area contributed by atoms with E-state index in [9.17, 15) is 9.90 Å². The van der Waals surface area contributed by atoms with Crippen LogP contribution in [-0.2, 0) is 20.1 Å². The van der Waals surface area contributed by atoms with Crippen LogP contribution in [0, 0.1) is 6.92 Å². The summed E-state index contributed by atoms with van der Waals surface area (Å²) in [6, 6.07) is 10.7. The zero-order valence-corrected chi connectivity index (χ0v) is 14.4. The van der Waals surface area contributed by atoms with Crippen LogP contribution in [0.15, 0.2) is 41.2 Å². The maximum Gasteiger partial charge on any atom is 0.368 e. The molecule has 3 rings (SSSR count). The second kappa shape index (κ2) is 6.80. The van der Waals surface area contributed by atoms with E-state index in [1.165, 1.54) is 9.36 Å². The van der Waals surface area contributed by atoms with Gasteiger partial charge in [0.2, 0.25) is 0 Å². The molecule has 0 aliphatic heterocycles. The summed E-state index contributed by atoms with van der Waals surface area (Å²) < 4.78 is 8.43. The van der Waals surface area contributed by atoms with E-state index in [0.29, 0.717) is 11.4 Å². The number of aromatic nitrogens is 4. The summed E-state index contributed by atoms with van der Waals surface area (Å²) in [5.74, 6) is 0.924. The highest BCUT2D eigenvalue weighted by atomic mass is 16.5. The van der Waals surface area contributed by atoms with Crippen molar-refractivity contribution >= 4 is 0 Å². The molecular weight excluding hydrogens is 320 g/mol. The highest BCUT2D eigenvalue weighted by Gasteiger charge is 2.14. The third-order valence-electron chi connectivity index (χ3n) is 4.13. The van der Waals surface area contributed by atoms with Gasteiger partial charge in [-0.1, -0.05) is 19.1 Å². The maximum absolute atomic E-state index is 12.2. The number of benzene rings is 2. The lowest BCUT2D eigenvalue weighted by molar-refractivity contribution is 0.301. The molecule has 0 amide bonds. The predicted octanol–water partition coefficient (Wildman–Crippen LogP) is 2.12. The molecule has 0 spiro atoms. The number of rotatable bonds is 5. The standard InChI is InChI=1S/C18H20N4O3/c1-4-13-10-14(23)8-9-17(13)25-11-15-12(2)6-5-7-16(15)22-18(24)21(3)19-20-22/h5-10,23H,4,11H2,1-3H3. The van der Waals surface area contributed by atoms with Crippen LogP contribution in [0.2, 0.25) is 0 Å². The average Bonchev–Trinajstić information content (AvgIpc) is 2.93. The van der Waals surface area contributed by atoms with Crippen LogP contribution < -0.4 is 10.4 Å². The average molecular weight is 340 g/mol. The second-order valence-corrected chi connectivity index (χ2v) is 5.80. The van der Waals surface area contributed by atoms with Gasteiger partial charge in [-0.15, -0.1) is 0 Å². The van der Waals surface area contributed by atoms with E-state index < -0.39 is 0 Å². The van der Waals surface area contributed by atoms with Gasteiger partial charge in [0.1, 0.15) is 18.1 Å². The Hall–Kier alpha value is -3.09. The van der Waals surface area contributed by atoms with Gasteiger partial charge in [0.05, 0.1) is 5.69 Å². The third kappa shape index (κ3) is 3.26. The number of aromatic hydroxyl groups is 1. The highest BCUT2D eigenvalue weighted by molar-refractivity contribution is 5.45. The number of aryl methyl sites for hydroxylation is 3. The molecule has 0 saturated carbocycles. The molecule has 0 saturated heterocycles. The van der Waals surface area contributed by atoms with Gasteiger partial charge in [-0.25, -0.2) is 4.79 Å². The number of phenolic OH excluding ortho intramolecular Hbond substituents is 1. The monoisotopic (exact) mass is 340 g/mol. The zero-order valence-electron chi connectivity index (χ0n) is 14.4. The minimum Gasteiger partial charge on any atom is -0.508 e. The Morgan fingerprint density at radius 2 is 2.00 bits per heavy atom. The van der Waals surface area contributed by atoms with E-state index in [1.54, 1.807) is 25.2 Å². The summed E-state index contributed by atoms with van der Waals surface area (Å²) >= 11 is 0. The fourth-order valence-corrected chi connectivity index (χ4v) is 2.67. The Labute approximate surface area is 145 Å². The van der Waals surface area contributed by atoms with Crippen molar-refractivity contribution in [1.29, 1.82) is 0 Å². The Morgan fingerprint density at radius 3 is 2.68 bits per heavy atom. The lowest BCUT2D eigenvalue weighted by atomic mass is 10.1. The van der Waals surface area contributed by atoms with Gasteiger partial charge in [0, 0.05) is 12.6 Å². The molecule has 1 heterocycles. The van der Waals surface area contributed by atoms with Crippen molar-refractivity contribution in [2.45, 2.75) is 26.9 Å². The van der Waals surface area contributed by atoms with Crippen molar-refractivity contribution in [3.05, 3.63) is 63.6 Å². The molecule has 0 bridgehead atoms. The normalized spacial score (nSPS) is 10.8. The first-order valence-electron chi connectivity index (χ1n) is 8.03. The molecule has 1 aromatic heterocycles. The summed E-state index contributed by atoms with van der Waals surface area (Å²) in [4.78, 5) is 12.2. The molecule has 0 radical (unpaired) electrons. The van der Waals surface area contributed by atoms with Crippen LogP contribution in [0.4, 0.5) is 0 Å². The first kappa shape index (κ1) is 16.8. The van der Waals surface area contributed by atoms with Crippen LogP contribution in [-0.4, -0.2) is 24.9 Å². The summed E-state index contributed by atoms with van der Waals surface area (Å²) in [6.07, 6.45) is 0.744. The summed E-state index contributed by atoms with van der Waals surface area (Å²) in [7, 11) is 1.56. The van der Waals surface area contributed by atoms with Gasteiger partial charge < -0.3 is 9.84 Å². The lowest BCUT2D eigenvalue weighted by Crippen LogP contribution is -2.23. The van der Waals surface area contributed by atoms with E-state index in [4.69, 9.17) is 4.74 Å². The van der Waals surface area contributed by atoms with Gasteiger partial charge in [-0.2, -0.15) is 9.36 Å². The van der Waals surface area contributed by atoms with Crippen LogP contribution in [0.25, 0.3) is 5.69 Å². The predicted molar refractivity (Wildman–Crippen MR) is 93.2 cm³/mol. The lowest BCUT2D eigenvalue weighted by Gasteiger charge is -2.15. The molecule has 0 aliphatic carbocycles. The SMILES string of the molecule is CCc1cc(O)ccc1OCc1c(C)cccc1-n1nnn(C)c1=O. The summed E-state index contributed by atoms with van der Waals surface area (Å²) in [5.41, 5.74) is 3.11. The van der Waals surface area contributed by atoms with Crippen molar-refractivity contribution in [3.63, 3.8) is 0 Å². The van der Waals surface area contributed by atoms with Crippen LogP contribution >= 0.6 is 0 Å². The number of hydrogen-bond donors (Lipinski definition) is 1. The van der Waals surface area contributed by atoms with Crippen LogP contribution in [0.5, 0.6) is 11.5 Å². The molecule has 7 heteroatoms. The summed E-state index contributed by atoms with van der Waals surface area (Å²) in [6.45, 7) is 4.24. The van der Waals surface area contributed by atoms with Gasteiger partial charge in [0.25, 0.3) is 0 Å². The quantitative estimate of drug-likeness (QED) is 0.769. The minimum atomic E-state index is -0.314. The van der Waals surface area contributed by atoms with E-state index in [2.05, 4.69) is 10.4 Å². The minimum absolute atomic E-state index is 0.215. The van der Waals surface area contributed by atoms with E-state index in [0.717, 1.165) is 23.1 Å². The highest BCUT2D eigenvalue weighted by Crippen LogP contribution is 2.26. The molecule has 1 N–H and O–H groups in total. The number of nitrogens with zero attached hydrogens (tertiary/aromatic N) is 4. The van der Waals surface area contributed by atoms with Crippen molar-refractivity contribution < 1.29 is 9.84 Å². The fraction of sp³-hybridized carbons (Fsp3) is 0.278. The molecule has 0 aliphatic rings. The van der Waals surface area contributed by atoms with E-state index >= 15 is 0 Å². The van der Waals surface area contributed by atoms with Crippen LogP contribution in [0.3, 0.4) is 0 Å². The molecule has 25 heavy (non-hydrogen) atoms. The van der Waals surface area contributed by atoms with Gasteiger partial charge in [-0.05, 0) is 59.2 Å². The molecule has 2 aromatic carbocycles. The first-order chi connectivity index (χ1) is 12.0. The molecule has 0 fully saturated rings. The first-order valence-corrected chi connectivity index (χ1v) is 8.03. The number of ether oxygens (including phenoxy) is 1. The van der Waals surface area contributed by atoms with Crippen molar-refractivity contribution in [2.24, 2.45) is 7.05 Å². The Bertz CT molecular complexity index is 959. The number of hydrogen-bond acceptors (Lipinski definition) is 5. The number of phenols is 1. The molecule has 3 aromatic rings. The van der Waals surface area contributed by atoms with Crippen LogP contribution in [0.1, 0.15) is 23.6 Å². The largest absolute Gasteiger partial charge is 0.508 e. The van der Waals surface area contributed by atoms with Gasteiger partial charge >= 0.3 is 5.69 Å². The van der Waals surface area contributed by atoms with Crippen molar-refractivity contribution in [3.8, 4) is 17.2 Å². The molecular formula is C18H20N4O3. The number of tetrazole rings is 1. The molecule has 0 unspecified atom stereocenters. The molecule has 130 valence electrons. The van der Waals surface area contributed by atoms with Gasteiger partial charge in [-0.3, -0.25) is 0 Å². The summed E-state index contributed by atoms with van der Waals surface area (Å²) in [5, 5.41) is 17.3. The Balaban J connectivity index is 1.96. The maximum atomic E-state index is 12.2. The molecule has 0 atom stereocenters. The third-order valence-corrected chi connectivity index (χ3v) is 4.13. The molecule has 7 nitrogen and oxygen atoms in total. The smallest absolute Gasteiger partial charge is 0.368 e. The second-order valence-electron chi connectivity index (χ2n) is 5.80. The van der Waals surface area contributed by atoms with Gasteiger partial charge in [0.15, 0.2) is 0 Å². The van der Waals surface area contributed by atoms with E-state index in [-0.39, 0.29) is 18.0 Å². The van der Waals surface area contributed by atoms with Crippen molar-refractivity contribution in [2.75, 3.05) is 0 Å². The zero-order chi connectivity index (χ0) is 18.0. The fourth-order valence-electron chi connectivity index (χ4n) is 2.67. The topological polar surface area (TPSA) is 82.2 Å². The van der Waals surface area contributed by atoms with E-state index in [1.807, 2.05) is 32.0 Å². The Morgan fingerprint density at radius 1 is 1.20 bits per heavy atom. The Kier molecular flexibility index (Phi) is 4.56.